The summed E-state index contributed by atoms with van der Waals surface area (Å²) in [6.45, 7) is 3.46. The molecule has 0 fully saturated rings. The van der Waals surface area contributed by atoms with Crippen LogP contribution in [0.2, 0.25) is 0 Å². The average Bonchev–Trinajstić information content (AvgIpc) is 2.88. The normalized spacial score (nSPS) is 11.8. The van der Waals surface area contributed by atoms with Gasteiger partial charge in [-0.3, -0.25) is 9.36 Å². The molecular weight excluding hydrogens is 320 g/mol. The second-order valence-electron chi connectivity index (χ2n) is 5.67. The second kappa shape index (κ2) is 9.64. The van der Waals surface area contributed by atoms with Crippen molar-refractivity contribution in [2.45, 2.75) is 26.2 Å². The summed E-state index contributed by atoms with van der Waals surface area (Å²) in [5.74, 6) is -0.679. The third kappa shape index (κ3) is 5.76. The highest BCUT2D eigenvalue weighted by Gasteiger charge is 2.07. The molecule has 6 heteroatoms. The van der Waals surface area contributed by atoms with Crippen LogP contribution in [0, 0.1) is 0 Å². The molecule has 1 amide bonds. The molecule has 0 spiro atoms. The van der Waals surface area contributed by atoms with Crippen molar-refractivity contribution in [1.82, 2.24) is 4.57 Å². The van der Waals surface area contributed by atoms with Crippen molar-refractivity contribution < 1.29 is 13.9 Å². The second-order valence-corrected chi connectivity index (χ2v) is 5.67. The summed E-state index contributed by atoms with van der Waals surface area (Å²) in [7, 11) is 1.62. The summed E-state index contributed by atoms with van der Waals surface area (Å²) in [6.07, 6.45) is 10.2. The lowest BCUT2D eigenvalue weighted by molar-refractivity contribution is -0.111. The van der Waals surface area contributed by atoms with Crippen molar-refractivity contribution in [3.63, 3.8) is 0 Å². The van der Waals surface area contributed by atoms with Gasteiger partial charge in [0, 0.05) is 25.4 Å². The van der Waals surface area contributed by atoms with E-state index in [1.165, 1.54) is 23.5 Å². The van der Waals surface area contributed by atoms with Crippen LogP contribution in [-0.2, 0) is 16.6 Å². The number of nitrogens with zero attached hydrogens (tertiary/aromatic N) is 1. The van der Waals surface area contributed by atoms with Gasteiger partial charge in [0.15, 0.2) is 5.58 Å². The van der Waals surface area contributed by atoms with Gasteiger partial charge in [-0.2, -0.15) is 0 Å². The molecule has 1 N–H and O–H groups in total. The Balaban J connectivity index is 1.80. The number of unbranched alkanes of at least 4 members (excludes halogenated alkanes) is 2. The number of anilines is 1. The van der Waals surface area contributed by atoms with E-state index in [0.717, 1.165) is 13.0 Å². The van der Waals surface area contributed by atoms with Crippen molar-refractivity contribution >= 4 is 22.7 Å². The number of hydrogen-bond donors (Lipinski definition) is 1. The molecule has 1 aromatic heterocycles. The third-order valence-corrected chi connectivity index (χ3v) is 3.66. The van der Waals surface area contributed by atoms with Gasteiger partial charge in [-0.05, 0) is 24.6 Å². The van der Waals surface area contributed by atoms with Crippen LogP contribution < -0.4 is 11.1 Å². The van der Waals surface area contributed by atoms with Crippen LogP contribution >= 0.6 is 0 Å². The van der Waals surface area contributed by atoms with Crippen LogP contribution in [0.1, 0.15) is 26.2 Å². The van der Waals surface area contributed by atoms with Gasteiger partial charge in [-0.15, -0.1) is 0 Å². The predicted octanol–water partition coefficient (Wildman–Crippen LogP) is 3.39. The van der Waals surface area contributed by atoms with Crippen molar-refractivity contribution in [3.05, 3.63) is 53.1 Å². The first-order valence-corrected chi connectivity index (χ1v) is 8.43. The zero-order chi connectivity index (χ0) is 18.1. The van der Waals surface area contributed by atoms with E-state index >= 15 is 0 Å². The quantitative estimate of drug-likeness (QED) is 0.430. The van der Waals surface area contributed by atoms with E-state index in [-0.39, 0.29) is 5.91 Å². The minimum Gasteiger partial charge on any atom is -0.408 e. The van der Waals surface area contributed by atoms with E-state index < -0.39 is 5.76 Å². The van der Waals surface area contributed by atoms with Gasteiger partial charge < -0.3 is 14.5 Å². The lowest BCUT2D eigenvalue weighted by Gasteiger charge is -2.02. The Hall–Kier alpha value is -2.60. The summed E-state index contributed by atoms with van der Waals surface area (Å²) in [4.78, 5) is 23.3. The Morgan fingerprint density at radius 3 is 2.96 bits per heavy atom. The summed E-state index contributed by atoms with van der Waals surface area (Å²) >= 11 is 0. The van der Waals surface area contributed by atoms with Crippen molar-refractivity contribution in [2.75, 3.05) is 18.5 Å². The number of amides is 1. The molecule has 2 rings (SSSR count). The largest absolute Gasteiger partial charge is 0.419 e. The lowest BCUT2D eigenvalue weighted by Crippen LogP contribution is -2.09. The molecule has 25 heavy (non-hydrogen) atoms. The SMILES string of the molecule is CCCCCOC/C=C/C=C/C(=O)Nc1ccc2oc(=O)n(C)c2c1. The first-order valence-electron chi connectivity index (χ1n) is 8.43. The van der Waals surface area contributed by atoms with Crippen molar-refractivity contribution in [3.8, 4) is 0 Å². The minimum atomic E-state index is -0.430. The van der Waals surface area contributed by atoms with E-state index in [4.69, 9.17) is 9.15 Å². The molecule has 1 heterocycles. The smallest absolute Gasteiger partial charge is 0.408 e. The summed E-state index contributed by atoms with van der Waals surface area (Å²) in [6, 6.07) is 5.05. The van der Waals surface area contributed by atoms with Gasteiger partial charge in [0.25, 0.3) is 0 Å². The molecule has 0 saturated heterocycles. The molecule has 1 aromatic carbocycles. The van der Waals surface area contributed by atoms with Crippen molar-refractivity contribution in [2.24, 2.45) is 7.05 Å². The number of rotatable bonds is 9. The highest BCUT2D eigenvalue weighted by Crippen LogP contribution is 2.17. The number of aryl methyl sites for hydroxylation is 1. The maximum Gasteiger partial charge on any atom is 0.419 e. The average molecular weight is 344 g/mol. The highest BCUT2D eigenvalue weighted by molar-refractivity contribution is 6.00. The molecule has 0 bridgehead atoms. The number of allylic oxidation sites excluding steroid dienone is 2. The summed E-state index contributed by atoms with van der Waals surface area (Å²) in [5.41, 5.74) is 1.72. The van der Waals surface area contributed by atoms with Gasteiger partial charge in [0.05, 0.1) is 12.1 Å². The van der Waals surface area contributed by atoms with Gasteiger partial charge in [-0.25, -0.2) is 4.79 Å². The maximum atomic E-state index is 11.9. The molecule has 0 aliphatic rings. The number of fused-ring (bicyclic) bond motifs is 1. The van der Waals surface area contributed by atoms with Crippen LogP contribution in [-0.4, -0.2) is 23.7 Å². The van der Waals surface area contributed by atoms with E-state index in [9.17, 15) is 9.59 Å². The van der Waals surface area contributed by atoms with Crippen LogP contribution in [0.25, 0.3) is 11.1 Å². The standard InChI is InChI=1S/C19H24N2O4/c1-3-4-7-12-24-13-8-5-6-9-18(22)20-15-10-11-17-16(14-15)21(2)19(23)25-17/h5-6,8-11,14H,3-4,7,12-13H2,1-2H3,(H,20,22)/b8-5+,9-6+. The van der Waals surface area contributed by atoms with Gasteiger partial charge in [0.2, 0.25) is 5.91 Å². The highest BCUT2D eigenvalue weighted by atomic mass is 16.5. The zero-order valence-corrected chi connectivity index (χ0v) is 14.7. The number of carbonyl (C=O) groups is 1. The molecule has 0 aliphatic carbocycles. The minimum absolute atomic E-state index is 0.249. The first-order chi connectivity index (χ1) is 12.1. The van der Waals surface area contributed by atoms with Gasteiger partial charge >= 0.3 is 5.76 Å². The summed E-state index contributed by atoms with van der Waals surface area (Å²) in [5, 5.41) is 2.75. The van der Waals surface area contributed by atoms with Gasteiger partial charge in [-0.1, -0.05) is 38.0 Å². The van der Waals surface area contributed by atoms with Gasteiger partial charge in [0.1, 0.15) is 0 Å². The van der Waals surface area contributed by atoms with Crippen LogP contribution in [0.15, 0.2) is 51.7 Å². The first kappa shape index (κ1) is 18.7. The van der Waals surface area contributed by atoms with E-state index in [2.05, 4.69) is 12.2 Å². The monoisotopic (exact) mass is 344 g/mol. The third-order valence-electron chi connectivity index (χ3n) is 3.66. The Bertz CT molecular complexity index is 814. The number of carbonyl (C=O) groups excluding carboxylic acids is 1. The molecule has 0 aliphatic heterocycles. The Morgan fingerprint density at radius 1 is 1.32 bits per heavy atom. The van der Waals surface area contributed by atoms with E-state index in [1.807, 2.05) is 6.08 Å². The molecular formula is C19H24N2O4. The molecule has 2 aromatic rings. The van der Waals surface area contributed by atoms with Crippen molar-refractivity contribution in [1.29, 1.82) is 0 Å². The fourth-order valence-corrected chi connectivity index (χ4v) is 2.27. The van der Waals surface area contributed by atoms with E-state index in [1.54, 1.807) is 37.4 Å². The topological polar surface area (TPSA) is 73.5 Å². The molecule has 134 valence electrons. The molecule has 0 saturated carbocycles. The Morgan fingerprint density at radius 2 is 2.16 bits per heavy atom. The number of ether oxygens (including phenoxy) is 1. The predicted molar refractivity (Wildman–Crippen MR) is 98.7 cm³/mol. The Kier molecular flexibility index (Phi) is 7.22. The fraction of sp³-hybridized carbons (Fsp3) is 0.368. The number of nitrogens with one attached hydrogen (secondary N) is 1. The number of benzene rings is 1. The number of aromatic nitrogens is 1. The zero-order valence-electron chi connectivity index (χ0n) is 14.7. The van der Waals surface area contributed by atoms with Crippen LogP contribution in [0.4, 0.5) is 5.69 Å². The fourth-order valence-electron chi connectivity index (χ4n) is 2.27. The summed E-state index contributed by atoms with van der Waals surface area (Å²) < 4.78 is 11.9. The molecule has 0 radical (unpaired) electrons. The van der Waals surface area contributed by atoms with Crippen LogP contribution in [0.3, 0.4) is 0 Å². The Labute approximate surface area is 146 Å². The maximum absolute atomic E-state index is 11.9. The van der Waals surface area contributed by atoms with E-state index in [0.29, 0.717) is 23.4 Å². The molecule has 0 atom stereocenters. The molecule has 0 unspecified atom stereocenters. The lowest BCUT2D eigenvalue weighted by atomic mass is 10.2. The number of hydrogen-bond acceptors (Lipinski definition) is 4. The number of oxazole rings is 1. The van der Waals surface area contributed by atoms with Crippen LogP contribution in [0.5, 0.6) is 0 Å². The molecule has 6 nitrogen and oxygen atoms in total.